The monoisotopic (exact) mass is 369 g/mol. The number of anilines is 2. The zero-order chi connectivity index (χ0) is 18.5. The molecule has 1 saturated heterocycles. The molecule has 0 atom stereocenters. The molecule has 0 amide bonds. The standard InChI is InChI=1S/C21H27N3OS/c1-4-25-20-8-6-5-7-19(20)23-11-13-24(14-12-23)21(26)22-18-15-16(2)9-10-17(18)3/h5-10,15H,4,11-14H2,1-3H3,(H,22,26). The summed E-state index contributed by atoms with van der Waals surface area (Å²) < 4.78 is 5.77. The number of hydrogen-bond acceptors (Lipinski definition) is 3. The summed E-state index contributed by atoms with van der Waals surface area (Å²) in [7, 11) is 0. The Morgan fingerprint density at radius 1 is 1.08 bits per heavy atom. The lowest BCUT2D eigenvalue weighted by Gasteiger charge is -2.38. The Morgan fingerprint density at radius 3 is 2.54 bits per heavy atom. The Kier molecular flexibility index (Phi) is 5.99. The Labute approximate surface area is 161 Å². The van der Waals surface area contributed by atoms with Crippen LogP contribution in [0.15, 0.2) is 42.5 Å². The first kappa shape index (κ1) is 18.5. The molecule has 1 N–H and O–H groups in total. The van der Waals surface area contributed by atoms with Gasteiger partial charge in [0.25, 0.3) is 0 Å². The molecule has 1 aliphatic rings. The smallest absolute Gasteiger partial charge is 0.173 e. The Bertz CT molecular complexity index is 770. The van der Waals surface area contributed by atoms with Gasteiger partial charge in [0.05, 0.1) is 12.3 Å². The summed E-state index contributed by atoms with van der Waals surface area (Å²) in [4.78, 5) is 4.62. The number of hydrogen-bond donors (Lipinski definition) is 1. The van der Waals surface area contributed by atoms with Crippen molar-refractivity contribution < 1.29 is 4.74 Å². The van der Waals surface area contributed by atoms with Crippen LogP contribution >= 0.6 is 12.2 Å². The van der Waals surface area contributed by atoms with Gasteiger partial charge in [-0.05, 0) is 62.3 Å². The largest absolute Gasteiger partial charge is 0.492 e. The first-order valence-electron chi connectivity index (χ1n) is 9.18. The minimum absolute atomic E-state index is 0.681. The number of ether oxygens (including phenoxy) is 1. The van der Waals surface area contributed by atoms with Crippen molar-refractivity contribution in [1.82, 2.24) is 4.90 Å². The molecule has 0 saturated carbocycles. The van der Waals surface area contributed by atoms with E-state index in [2.05, 4.69) is 59.3 Å². The van der Waals surface area contributed by atoms with Crippen molar-refractivity contribution in [2.75, 3.05) is 43.0 Å². The lowest BCUT2D eigenvalue weighted by molar-refractivity contribution is 0.336. The Balaban J connectivity index is 1.61. The number of aryl methyl sites for hydroxylation is 2. The topological polar surface area (TPSA) is 27.7 Å². The molecule has 4 nitrogen and oxygen atoms in total. The van der Waals surface area contributed by atoms with Crippen molar-refractivity contribution in [3.63, 3.8) is 0 Å². The fourth-order valence-electron chi connectivity index (χ4n) is 3.21. The molecule has 0 radical (unpaired) electrons. The molecule has 1 heterocycles. The molecule has 0 spiro atoms. The first-order valence-corrected chi connectivity index (χ1v) is 9.59. The van der Waals surface area contributed by atoms with Crippen LogP contribution in [0.2, 0.25) is 0 Å². The van der Waals surface area contributed by atoms with Gasteiger partial charge in [-0.15, -0.1) is 0 Å². The fourth-order valence-corrected chi connectivity index (χ4v) is 3.50. The van der Waals surface area contributed by atoms with Crippen molar-refractivity contribution in [2.45, 2.75) is 20.8 Å². The lowest BCUT2D eigenvalue weighted by Crippen LogP contribution is -2.50. The van der Waals surface area contributed by atoms with Crippen LogP contribution in [0.25, 0.3) is 0 Å². The van der Waals surface area contributed by atoms with E-state index in [-0.39, 0.29) is 0 Å². The molecule has 0 aliphatic carbocycles. The summed E-state index contributed by atoms with van der Waals surface area (Å²) in [5.74, 6) is 0.958. The van der Waals surface area contributed by atoms with E-state index in [0.29, 0.717) is 6.61 Å². The molecule has 2 aromatic carbocycles. The molecule has 1 fully saturated rings. The van der Waals surface area contributed by atoms with E-state index >= 15 is 0 Å². The van der Waals surface area contributed by atoms with Crippen molar-refractivity contribution >= 4 is 28.7 Å². The second-order valence-corrected chi connectivity index (χ2v) is 7.01. The number of benzene rings is 2. The van der Waals surface area contributed by atoms with Crippen LogP contribution < -0.4 is 15.0 Å². The number of nitrogens with zero attached hydrogens (tertiary/aromatic N) is 2. The van der Waals surface area contributed by atoms with Crippen molar-refractivity contribution in [3.05, 3.63) is 53.6 Å². The average molecular weight is 370 g/mol. The summed E-state index contributed by atoms with van der Waals surface area (Å²) in [6.45, 7) is 10.6. The van der Waals surface area contributed by atoms with E-state index in [1.54, 1.807) is 0 Å². The molecule has 1 aliphatic heterocycles. The molecule has 26 heavy (non-hydrogen) atoms. The van der Waals surface area contributed by atoms with Crippen LogP contribution in [0.4, 0.5) is 11.4 Å². The lowest BCUT2D eigenvalue weighted by atomic mass is 10.1. The van der Waals surface area contributed by atoms with Gasteiger partial charge in [-0.25, -0.2) is 0 Å². The van der Waals surface area contributed by atoms with Crippen molar-refractivity contribution in [2.24, 2.45) is 0 Å². The minimum Gasteiger partial charge on any atom is -0.492 e. The quantitative estimate of drug-likeness (QED) is 0.815. The highest BCUT2D eigenvalue weighted by atomic mass is 32.1. The first-order chi connectivity index (χ1) is 12.6. The molecule has 138 valence electrons. The maximum atomic E-state index is 5.77. The summed E-state index contributed by atoms with van der Waals surface area (Å²) in [6.07, 6.45) is 0. The van der Waals surface area contributed by atoms with Crippen molar-refractivity contribution in [3.8, 4) is 5.75 Å². The molecule has 5 heteroatoms. The van der Waals surface area contributed by atoms with E-state index in [1.165, 1.54) is 16.8 Å². The third kappa shape index (κ3) is 4.28. The van der Waals surface area contributed by atoms with Crippen LogP contribution in [0.1, 0.15) is 18.1 Å². The number of piperazine rings is 1. The third-order valence-electron chi connectivity index (χ3n) is 4.71. The van der Waals surface area contributed by atoms with Gasteiger partial charge in [0, 0.05) is 31.9 Å². The van der Waals surface area contributed by atoms with Gasteiger partial charge in [0.2, 0.25) is 0 Å². The molecule has 3 rings (SSSR count). The summed E-state index contributed by atoms with van der Waals surface area (Å²) >= 11 is 5.65. The maximum absolute atomic E-state index is 5.77. The van der Waals surface area contributed by atoms with Crippen LogP contribution in [0, 0.1) is 13.8 Å². The summed E-state index contributed by atoms with van der Waals surface area (Å²) in [6, 6.07) is 14.7. The van der Waals surface area contributed by atoms with Gasteiger partial charge in [-0.3, -0.25) is 0 Å². The predicted octanol–water partition coefficient (Wildman–Crippen LogP) is 4.22. The van der Waals surface area contributed by atoms with E-state index in [1.807, 2.05) is 19.1 Å². The molecule has 0 aromatic heterocycles. The zero-order valence-corrected chi connectivity index (χ0v) is 16.6. The molecular formula is C21H27N3OS. The number of para-hydroxylation sites is 2. The predicted molar refractivity (Wildman–Crippen MR) is 114 cm³/mol. The molecule has 0 unspecified atom stereocenters. The summed E-state index contributed by atoms with van der Waals surface area (Å²) in [5, 5.41) is 4.22. The molecule has 0 bridgehead atoms. The molecular weight excluding hydrogens is 342 g/mol. The minimum atomic E-state index is 0.681. The van der Waals surface area contributed by atoms with Gasteiger partial charge in [0.1, 0.15) is 5.75 Å². The van der Waals surface area contributed by atoms with Gasteiger partial charge in [-0.1, -0.05) is 24.3 Å². The summed E-state index contributed by atoms with van der Waals surface area (Å²) in [5.41, 5.74) is 4.71. The highest BCUT2D eigenvalue weighted by Gasteiger charge is 2.21. The van der Waals surface area contributed by atoms with Crippen LogP contribution in [-0.2, 0) is 0 Å². The average Bonchev–Trinajstić information content (AvgIpc) is 2.65. The van der Waals surface area contributed by atoms with Gasteiger partial charge in [0.15, 0.2) is 5.11 Å². The third-order valence-corrected chi connectivity index (χ3v) is 5.07. The zero-order valence-electron chi connectivity index (χ0n) is 15.8. The van der Waals surface area contributed by atoms with E-state index in [0.717, 1.165) is 42.7 Å². The van der Waals surface area contributed by atoms with Gasteiger partial charge < -0.3 is 19.9 Å². The van der Waals surface area contributed by atoms with E-state index < -0.39 is 0 Å². The Morgan fingerprint density at radius 2 is 1.81 bits per heavy atom. The van der Waals surface area contributed by atoms with Crippen LogP contribution in [0.3, 0.4) is 0 Å². The Hall–Kier alpha value is -2.27. The van der Waals surface area contributed by atoms with Crippen molar-refractivity contribution in [1.29, 1.82) is 0 Å². The van der Waals surface area contributed by atoms with E-state index in [4.69, 9.17) is 17.0 Å². The van der Waals surface area contributed by atoms with Crippen LogP contribution in [-0.4, -0.2) is 42.8 Å². The number of nitrogens with one attached hydrogen (secondary N) is 1. The van der Waals surface area contributed by atoms with Gasteiger partial charge in [-0.2, -0.15) is 0 Å². The number of thiocarbonyl (C=S) groups is 1. The molecule has 2 aromatic rings. The SMILES string of the molecule is CCOc1ccccc1N1CCN(C(=S)Nc2cc(C)ccc2C)CC1. The maximum Gasteiger partial charge on any atom is 0.173 e. The van der Waals surface area contributed by atoms with Gasteiger partial charge >= 0.3 is 0 Å². The van der Waals surface area contributed by atoms with Crippen LogP contribution in [0.5, 0.6) is 5.75 Å². The van der Waals surface area contributed by atoms with E-state index in [9.17, 15) is 0 Å². The number of rotatable bonds is 4. The highest BCUT2D eigenvalue weighted by Crippen LogP contribution is 2.29. The normalized spacial score (nSPS) is 14.3. The fraction of sp³-hybridized carbons (Fsp3) is 0.381. The second kappa shape index (κ2) is 8.41. The highest BCUT2D eigenvalue weighted by molar-refractivity contribution is 7.80. The second-order valence-electron chi connectivity index (χ2n) is 6.62.